The van der Waals surface area contributed by atoms with Crippen LogP contribution in [0.5, 0.6) is 5.75 Å². The molecule has 2 aromatic rings. The normalized spacial score (nSPS) is 12.2. The number of aliphatic hydroxyl groups is 2. The van der Waals surface area contributed by atoms with Gasteiger partial charge in [0.05, 0.1) is 13.2 Å². The number of anilines is 1. The third-order valence-corrected chi connectivity index (χ3v) is 5.78. The topological polar surface area (TPSA) is 73.2 Å². The number of rotatable bonds is 10. The first kappa shape index (κ1) is 28.9. The Morgan fingerprint density at radius 2 is 1.78 bits per heavy atom. The number of carbonyl (C=O) groups excluding carboxylic acids is 1. The van der Waals surface area contributed by atoms with Crippen molar-refractivity contribution in [1.82, 2.24) is 4.90 Å². The summed E-state index contributed by atoms with van der Waals surface area (Å²) < 4.78 is 41.8. The largest absolute Gasteiger partial charge is 0.573 e. The van der Waals surface area contributed by atoms with E-state index in [4.69, 9.17) is 5.11 Å². The summed E-state index contributed by atoms with van der Waals surface area (Å²) in [6.45, 7) is 5.55. The fraction of sp³-hybridized carbons (Fsp3) is 0.370. The standard InChI is InChI=1S/C27H33F3N2O4/c1-6-18(2)15-32(5)26-19(3)23(20-9-11-22(12-10-20)36-27(28,29)30)14-21(24(26)17-34)16-31(4)25(35)8-7-13-33/h7-12,14-15,33-34H,6,13,16-17H2,1-5H3/b8-7+,18-15+. The minimum absolute atomic E-state index is 0.171. The molecular weight excluding hydrogens is 473 g/mol. The zero-order valence-corrected chi connectivity index (χ0v) is 21.2. The molecule has 1 amide bonds. The van der Waals surface area contributed by atoms with Gasteiger partial charge < -0.3 is 24.7 Å². The lowest BCUT2D eigenvalue weighted by Crippen LogP contribution is -2.26. The van der Waals surface area contributed by atoms with Gasteiger partial charge in [-0.2, -0.15) is 0 Å². The smallest absolute Gasteiger partial charge is 0.406 e. The maximum atomic E-state index is 12.6. The first-order valence-electron chi connectivity index (χ1n) is 11.5. The average Bonchev–Trinajstić information content (AvgIpc) is 2.82. The monoisotopic (exact) mass is 506 g/mol. The van der Waals surface area contributed by atoms with E-state index in [1.165, 1.54) is 29.2 Å². The lowest BCUT2D eigenvalue weighted by Gasteiger charge is -2.27. The van der Waals surface area contributed by atoms with Crippen LogP contribution in [-0.4, -0.2) is 48.1 Å². The van der Waals surface area contributed by atoms with Gasteiger partial charge in [-0.15, -0.1) is 13.2 Å². The molecule has 0 unspecified atom stereocenters. The van der Waals surface area contributed by atoms with Crippen molar-refractivity contribution in [3.05, 3.63) is 70.9 Å². The minimum atomic E-state index is -4.78. The fourth-order valence-electron chi connectivity index (χ4n) is 3.91. The maximum absolute atomic E-state index is 12.6. The van der Waals surface area contributed by atoms with E-state index in [0.717, 1.165) is 28.8 Å². The van der Waals surface area contributed by atoms with E-state index in [0.29, 0.717) is 16.7 Å². The van der Waals surface area contributed by atoms with Gasteiger partial charge in [0.25, 0.3) is 0 Å². The molecule has 2 rings (SSSR count). The first-order chi connectivity index (χ1) is 16.9. The van der Waals surface area contributed by atoms with Crippen LogP contribution in [0, 0.1) is 6.92 Å². The van der Waals surface area contributed by atoms with Gasteiger partial charge in [0.1, 0.15) is 5.75 Å². The summed E-state index contributed by atoms with van der Waals surface area (Å²) >= 11 is 0. The quantitative estimate of drug-likeness (QED) is 0.428. The molecule has 0 bridgehead atoms. The van der Waals surface area contributed by atoms with E-state index in [-0.39, 0.29) is 31.4 Å². The van der Waals surface area contributed by atoms with Crippen molar-refractivity contribution in [2.75, 3.05) is 25.6 Å². The Morgan fingerprint density at radius 1 is 1.14 bits per heavy atom. The van der Waals surface area contributed by atoms with Crippen LogP contribution in [0.25, 0.3) is 11.1 Å². The summed E-state index contributed by atoms with van der Waals surface area (Å²) in [6, 6.07) is 7.43. The maximum Gasteiger partial charge on any atom is 0.573 e. The number of nitrogens with zero attached hydrogens (tertiary/aromatic N) is 2. The van der Waals surface area contributed by atoms with Crippen LogP contribution in [-0.2, 0) is 17.9 Å². The molecule has 196 valence electrons. The molecule has 0 saturated heterocycles. The Hall–Kier alpha value is -3.30. The molecule has 2 N–H and O–H groups in total. The number of likely N-dealkylation sites (N-methyl/N-ethyl adjacent to an activating group) is 1. The highest BCUT2D eigenvalue weighted by Crippen LogP contribution is 2.38. The van der Waals surface area contributed by atoms with Crippen molar-refractivity contribution in [2.45, 2.75) is 46.7 Å². The van der Waals surface area contributed by atoms with Gasteiger partial charge in [0.2, 0.25) is 5.91 Å². The lowest BCUT2D eigenvalue weighted by molar-refractivity contribution is -0.274. The summed E-state index contributed by atoms with van der Waals surface area (Å²) in [5.41, 5.74) is 5.42. The fourth-order valence-corrected chi connectivity index (χ4v) is 3.91. The molecule has 0 saturated carbocycles. The van der Waals surface area contributed by atoms with Gasteiger partial charge in [-0.3, -0.25) is 4.79 Å². The van der Waals surface area contributed by atoms with E-state index >= 15 is 0 Å². The minimum Gasteiger partial charge on any atom is -0.406 e. The second kappa shape index (κ2) is 12.6. The predicted octanol–water partition coefficient (Wildman–Crippen LogP) is 5.31. The van der Waals surface area contributed by atoms with Crippen LogP contribution >= 0.6 is 0 Å². The first-order valence-corrected chi connectivity index (χ1v) is 11.5. The highest BCUT2D eigenvalue weighted by molar-refractivity contribution is 5.87. The zero-order chi connectivity index (χ0) is 27.0. The zero-order valence-electron chi connectivity index (χ0n) is 21.2. The van der Waals surface area contributed by atoms with Crippen LogP contribution < -0.4 is 9.64 Å². The van der Waals surface area contributed by atoms with Crippen molar-refractivity contribution >= 4 is 11.6 Å². The molecule has 0 spiro atoms. The SMILES string of the molecule is CC/C(C)=C/N(C)c1c(C)c(-c2ccc(OC(F)(F)F)cc2)cc(CN(C)C(=O)/C=C/CO)c1CO. The highest BCUT2D eigenvalue weighted by Gasteiger charge is 2.31. The number of aliphatic hydroxyl groups excluding tert-OH is 2. The van der Waals surface area contributed by atoms with Crippen molar-refractivity contribution in [3.8, 4) is 16.9 Å². The molecule has 36 heavy (non-hydrogen) atoms. The van der Waals surface area contributed by atoms with E-state index in [1.54, 1.807) is 19.2 Å². The molecular formula is C27H33F3N2O4. The molecule has 9 heteroatoms. The molecule has 0 aromatic heterocycles. The van der Waals surface area contributed by atoms with Gasteiger partial charge in [-0.25, -0.2) is 0 Å². The third kappa shape index (κ3) is 7.60. The summed E-state index contributed by atoms with van der Waals surface area (Å²) in [7, 11) is 3.48. The van der Waals surface area contributed by atoms with Gasteiger partial charge in [0.15, 0.2) is 0 Å². The summed E-state index contributed by atoms with van der Waals surface area (Å²) in [5.74, 6) is -0.642. The van der Waals surface area contributed by atoms with Crippen LogP contribution in [0.3, 0.4) is 0 Å². The Labute approximate surface area is 209 Å². The van der Waals surface area contributed by atoms with Crippen molar-refractivity contribution < 1.29 is 32.9 Å². The second-order valence-corrected chi connectivity index (χ2v) is 8.48. The molecule has 0 aliphatic rings. The van der Waals surface area contributed by atoms with Crippen molar-refractivity contribution in [2.24, 2.45) is 0 Å². The van der Waals surface area contributed by atoms with Gasteiger partial charge in [-0.05, 0) is 60.7 Å². The number of ether oxygens (including phenoxy) is 1. The summed E-state index contributed by atoms with van der Waals surface area (Å²) in [4.78, 5) is 15.8. The number of hydrogen-bond acceptors (Lipinski definition) is 5. The van der Waals surface area contributed by atoms with Crippen LogP contribution in [0.2, 0.25) is 0 Å². The van der Waals surface area contributed by atoms with Crippen LogP contribution in [0.1, 0.15) is 37.0 Å². The Morgan fingerprint density at radius 3 is 2.31 bits per heavy atom. The Balaban J connectivity index is 2.67. The van der Waals surface area contributed by atoms with E-state index < -0.39 is 6.36 Å². The van der Waals surface area contributed by atoms with Crippen molar-refractivity contribution in [1.29, 1.82) is 0 Å². The third-order valence-electron chi connectivity index (χ3n) is 5.78. The van der Waals surface area contributed by atoms with Gasteiger partial charge in [-0.1, -0.05) is 30.7 Å². The molecule has 2 aromatic carbocycles. The second-order valence-electron chi connectivity index (χ2n) is 8.48. The summed E-state index contributed by atoms with van der Waals surface area (Å²) in [5, 5.41) is 19.3. The van der Waals surface area contributed by atoms with Crippen LogP contribution in [0.15, 0.2) is 54.3 Å². The number of carbonyl (C=O) groups is 1. The van der Waals surface area contributed by atoms with E-state index in [1.807, 2.05) is 45.0 Å². The van der Waals surface area contributed by atoms with Crippen molar-refractivity contribution in [3.63, 3.8) is 0 Å². The number of amides is 1. The molecule has 0 aliphatic carbocycles. The molecule has 0 fully saturated rings. The number of hydrogen-bond donors (Lipinski definition) is 2. The average molecular weight is 507 g/mol. The molecule has 0 radical (unpaired) electrons. The Bertz CT molecular complexity index is 1110. The number of allylic oxidation sites excluding steroid dienone is 1. The highest BCUT2D eigenvalue weighted by atomic mass is 19.4. The molecule has 0 aliphatic heterocycles. The van der Waals surface area contributed by atoms with Gasteiger partial charge in [0, 0.05) is 44.2 Å². The molecule has 0 atom stereocenters. The Kier molecular flexibility index (Phi) is 10.1. The number of halogens is 3. The van der Waals surface area contributed by atoms with Crippen LogP contribution in [0.4, 0.5) is 18.9 Å². The number of benzene rings is 2. The van der Waals surface area contributed by atoms with Gasteiger partial charge >= 0.3 is 6.36 Å². The molecule has 0 heterocycles. The lowest BCUT2D eigenvalue weighted by atomic mass is 9.91. The predicted molar refractivity (Wildman–Crippen MR) is 134 cm³/mol. The summed E-state index contributed by atoms with van der Waals surface area (Å²) in [6.07, 6.45) is 0.629. The van der Waals surface area contributed by atoms with E-state index in [9.17, 15) is 23.1 Å². The van der Waals surface area contributed by atoms with E-state index in [2.05, 4.69) is 4.74 Å². The molecule has 6 nitrogen and oxygen atoms in total. The number of alkyl halides is 3.